The number of carbonyl (C=O) groups excluding carboxylic acids is 2. The zero-order valence-corrected chi connectivity index (χ0v) is 39.3. The van der Waals surface area contributed by atoms with E-state index in [0.29, 0.717) is 35.7 Å². The maximum absolute atomic E-state index is 14.7. The molecular weight excluding hydrogens is 787 g/mol. The van der Waals surface area contributed by atoms with Crippen molar-refractivity contribution in [3.63, 3.8) is 0 Å². The van der Waals surface area contributed by atoms with Gasteiger partial charge < -0.3 is 14.8 Å². The molecule has 0 saturated carbocycles. The molecule has 12 heteroatoms. The molecule has 3 aromatic rings. The molecule has 1 heterocycles. The summed E-state index contributed by atoms with van der Waals surface area (Å²) in [7, 11) is 0. The number of amidine groups is 1. The number of benzene rings is 3. The van der Waals surface area contributed by atoms with Crippen LogP contribution < -0.4 is 10.1 Å². The molecule has 1 amide bonds. The molecule has 1 aliphatic heterocycles. The Kier molecular flexibility index (Phi) is 26.0. The van der Waals surface area contributed by atoms with Crippen molar-refractivity contribution >= 4 is 23.2 Å². The fourth-order valence-corrected chi connectivity index (χ4v) is 6.42. The van der Waals surface area contributed by atoms with Crippen LogP contribution in [-0.4, -0.2) is 34.4 Å². The highest BCUT2D eigenvalue weighted by molar-refractivity contribution is 6.16. The van der Waals surface area contributed by atoms with E-state index in [4.69, 9.17) is 0 Å². The molecule has 0 spiro atoms. The third-order valence-corrected chi connectivity index (χ3v) is 9.64. The Balaban J connectivity index is 0.000000903. The van der Waals surface area contributed by atoms with Crippen LogP contribution in [0, 0.1) is 42.6 Å². The summed E-state index contributed by atoms with van der Waals surface area (Å²) in [6, 6.07) is 12.6. The number of alkyl halides is 3. The summed E-state index contributed by atoms with van der Waals surface area (Å²) in [6.07, 6.45) is 4.86. The van der Waals surface area contributed by atoms with Gasteiger partial charge in [0.25, 0.3) is 11.6 Å². The van der Waals surface area contributed by atoms with Gasteiger partial charge in [0, 0.05) is 12.5 Å². The van der Waals surface area contributed by atoms with Crippen LogP contribution in [0.25, 0.3) is 11.1 Å². The van der Waals surface area contributed by atoms with Gasteiger partial charge in [0.1, 0.15) is 28.7 Å². The number of carbonyl (C=O) groups is 2. The third kappa shape index (κ3) is 18.9. The number of hydrogen-bond acceptors (Lipinski definition) is 6. The number of aliphatic imine (C=N–C) groups is 1. The van der Waals surface area contributed by atoms with E-state index in [1.54, 1.807) is 19.9 Å². The minimum atomic E-state index is -4.81. The van der Waals surface area contributed by atoms with Gasteiger partial charge in [-0.2, -0.15) is 0 Å². The number of nitro benzene ring substituents is 1. The summed E-state index contributed by atoms with van der Waals surface area (Å²) in [5.41, 5.74) is 3.08. The number of rotatable bonds is 14. The molecule has 4 rings (SSSR count). The first-order chi connectivity index (χ1) is 28.5. The Labute approximate surface area is 363 Å². The van der Waals surface area contributed by atoms with Crippen molar-refractivity contribution in [2.75, 3.05) is 0 Å². The van der Waals surface area contributed by atoms with Crippen LogP contribution in [0.15, 0.2) is 53.5 Å². The van der Waals surface area contributed by atoms with E-state index in [1.165, 1.54) is 55.2 Å². The van der Waals surface area contributed by atoms with Crippen LogP contribution in [0.5, 0.6) is 5.75 Å². The first-order valence-electron chi connectivity index (χ1n) is 21.8. The van der Waals surface area contributed by atoms with Crippen LogP contribution in [-0.2, 0) is 9.59 Å². The number of nitrogens with zero attached hydrogens (tertiary/aromatic N) is 2. The van der Waals surface area contributed by atoms with Gasteiger partial charge in [0.15, 0.2) is 0 Å². The molecule has 0 aromatic heterocycles. The monoisotopic (exact) mass is 860 g/mol. The highest BCUT2D eigenvalue weighted by atomic mass is 19.4. The number of amides is 1. The minimum Gasteiger partial charge on any atom is -0.405 e. The average Bonchev–Trinajstić information content (AvgIpc) is 3.49. The largest absolute Gasteiger partial charge is 0.573 e. The number of nitrogens with one attached hydrogen (secondary N) is 1. The number of nitro groups is 1. The molecule has 1 aliphatic rings. The number of Topliss-reactive ketones (excluding diaryl/α,β-unsaturated/α-hetero) is 1. The van der Waals surface area contributed by atoms with Gasteiger partial charge in [-0.1, -0.05) is 126 Å². The van der Waals surface area contributed by atoms with Crippen molar-refractivity contribution in [2.45, 2.75) is 179 Å². The Morgan fingerprint density at radius 1 is 0.869 bits per heavy atom. The second kappa shape index (κ2) is 28.1. The Morgan fingerprint density at radius 2 is 1.43 bits per heavy atom. The fraction of sp³-hybridized carbons (Fsp3) is 0.571. The molecular formula is C49H73F4N3O5. The van der Waals surface area contributed by atoms with Crippen molar-refractivity contribution in [1.29, 1.82) is 0 Å². The lowest BCUT2D eigenvalue weighted by Gasteiger charge is -2.24. The molecule has 0 saturated heterocycles. The van der Waals surface area contributed by atoms with Crippen molar-refractivity contribution in [1.82, 2.24) is 5.32 Å². The topological polar surface area (TPSA) is 111 Å². The zero-order valence-electron chi connectivity index (χ0n) is 39.3. The van der Waals surface area contributed by atoms with E-state index >= 15 is 0 Å². The van der Waals surface area contributed by atoms with Gasteiger partial charge in [0.05, 0.1) is 16.1 Å². The van der Waals surface area contributed by atoms with E-state index in [1.807, 2.05) is 46.8 Å². The standard InChI is InChI=1S/C19H22FNO2.C17H21F3N2O2.C6H12O.C4H10.C3H8/c1-6-11(2)15-9-13(4)17(14(5)10-15)18-16(21(22)23)8-7-12(3)19(18)20;1-4-9-16(10-11(2)3)15(23)21-14(22-16)12-7-5-6-8-13(12)24-17(18,19)20;1-3-4-5-6(2)7;1-3-4-2;1-3-2/h7-11H,6H2,1-5H3;5-8,11H,4,9-10H2,1-3H3,(H,21,22,23);3-5H2,1-2H3;3-4H2,1-2H3;3H2,1-2H3. The molecule has 3 aromatic carbocycles. The van der Waals surface area contributed by atoms with Crippen molar-refractivity contribution in [3.8, 4) is 16.9 Å². The Hall–Kier alpha value is -4.61. The van der Waals surface area contributed by atoms with E-state index in [0.717, 1.165) is 43.2 Å². The SMILES string of the molecule is CCC.CCC(C)c1cc(C)c(-c2c([N+](=O)[O-])ccc(C)c2F)c(C)c1.CCCC.CCCC1(CC(C)C)N=C(c2ccccc2OC(F)(F)F)NC1=O.CCCCC(C)=O. The van der Waals surface area contributed by atoms with E-state index < -0.39 is 22.6 Å². The summed E-state index contributed by atoms with van der Waals surface area (Å²) in [4.78, 5) is 38.0. The average molecular weight is 860 g/mol. The number of aryl methyl sites for hydroxylation is 3. The summed E-state index contributed by atoms with van der Waals surface area (Å²) in [6.45, 7) is 27.9. The predicted octanol–water partition coefficient (Wildman–Crippen LogP) is 14.9. The lowest BCUT2D eigenvalue weighted by atomic mass is 9.85. The summed E-state index contributed by atoms with van der Waals surface area (Å²) in [5, 5.41) is 14.0. The molecule has 2 unspecified atom stereocenters. The molecule has 1 N–H and O–H groups in total. The van der Waals surface area contributed by atoms with E-state index in [9.17, 15) is 37.3 Å². The van der Waals surface area contributed by atoms with Crippen molar-refractivity contribution in [2.24, 2.45) is 10.9 Å². The van der Waals surface area contributed by atoms with E-state index in [-0.39, 0.29) is 40.2 Å². The van der Waals surface area contributed by atoms with Crippen LogP contribution in [0.2, 0.25) is 0 Å². The first kappa shape index (κ1) is 56.4. The normalized spacial score (nSPS) is 14.7. The number of hydrogen-bond donors (Lipinski definition) is 1. The lowest BCUT2D eigenvalue weighted by Crippen LogP contribution is -2.40. The Bertz CT molecular complexity index is 1830. The van der Waals surface area contributed by atoms with Crippen molar-refractivity contribution in [3.05, 3.63) is 92.3 Å². The number of ether oxygens (including phenoxy) is 1. The molecule has 0 fully saturated rings. The van der Waals surface area contributed by atoms with Crippen LogP contribution >= 0.6 is 0 Å². The number of halogens is 4. The third-order valence-electron chi connectivity index (χ3n) is 9.64. The number of ketones is 1. The maximum atomic E-state index is 14.7. The highest BCUT2D eigenvalue weighted by Gasteiger charge is 2.44. The van der Waals surface area contributed by atoms with Gasteiger partial charge in [0.2, 0.25) is 0 Å². The highest BCUT2D eigenvalue weighted by Crippen LogP contribution is 2.39. The van der Waals surface area contributed by atoms with Crippen molar-refractivity contribution < 1.29 is 36.8 Å². The molecule has 342 valence electrons. The fourth-order valence-electron chi connectivity index (χ4n) is 6.42. The lowest BCUT2D eigenvalue weighted by molar-refractivity contribution is -0.384. The summed E-state index contributed by atoms with van der Waals surface area (Å²) >= 11 is 0. The second-order valence-corrected chi connectivity index (χ2v) is 16.0. The molecule has 8 nitrogen and oxygen atoms in total. The van der Waals surface area contributed by atoms with E-state index in [2.05, 4.69) is 63.5 Å². The number of para-hydroxylation sites is 1. The number of unbranched alkanes of at least 4 members (excludes halogenated alkanes) is 2. The second-order valence-electron chi connectivity index (χ2n) is 16.0. The quantitative estimate of drug-likeness (QED) is 0.0986. The summed E-state index contributed by atoms with van der Waals surface area (Å²) in [5.74, 6) is -0.0842. The predicted molar refractivity (Wildman–Crippen MR) is 243 cm³/mol. The molecule has 0 bridgehead atoms. The van der Waals surface area contributed by atoms with Crippen LogP contribution in [0.1, 0.15) is 174 Å². The molecule has 0 radical (unpaired) electrons. The van der Waals surface area contributed by atoms with Gasteiger partial charge in [-0.05, 0) is 111 Å². The summed E-state index contributed by atoms with van der Waals surface area (Å²) < 4.78 is 56.5. The zero-order chi connectivity index (χ0) is 47.1. The maximum Gasteiger partial charge on any atom is 0.573 e. The Morgan fingerprint density at radius 3 is 1.85 bits per heavy atom. The van der Waals surface area contributed by atoms with Gasteiger partial charge in [-0.3, -0.25) is 19.9 Å². The smallest absolute Gasteiger partial charge is 0.405 e. The minimum absolute atomic E-state index is 0.0979. The molecule has 0 aliphatic carbocycles. The van der Waals surface area contributed by atoms with Crippen LogP contribution in [0.3, 0.4) is 0 Å². The van der Waals surface area contributed by atoms with Gasteiger partial charge in [-0.25, -0.2) is 4.39 Å². The molecule has 2 atom stereocenters. The van der Waals surface area contributed by atoms with Gasteiger partial charge in [-0.15, -0.1) is 13.2 Å². The van der Waals surface area contributed by atoms with Crippen LogP contribution in [0.4, 0.5) is 23.2 Å². The first-order valence-corrected chi connectivity index (χ1v) is 21.8. The van der Waals surface area contributed by atoms with Gasteiger partial charge >= 0.3 is 6.36 Å². The molecule has 61 heavy (non-hydrogen) atoms.